The number of fused-ring (bicyclic) bond motifs is 1. The van der Waals surface area contributed by atoms with Gasteiger partial charge in [0.2, 0.25) is 0 Å². The van der Waals surface area contributed by atoms with Gasteiger partial charge in [-0.3, -0.25) is 4.79 Å². The van der Waals surface area contributed by atoms with Crippen molar-refractivity contribution in [3.8, 4) is 0 Å². The van der Waals surface area contributed by atoms with Crippen molar-refractivity contribution in [1.82, 2.24) is 15.2 Å². The van der Waals surface area contributed by atoms with Crippen LogP contribution in [0.4, 0.5) is 8.78 Å². The van der Waals surface area contributed by atoms with Crippen LogP contribution in [0.2, 0.25) is 0 Å². The van der Waals surface area contributed by atoms with Gasteiger partial charge in [0.25, 0.3) is 5.56 Å². The summed E-state index contributed by atoms with van der Waals surface area (Å²) in [4.78, 5) is 25.2. The Bertz CT molecular complexity index is 985. The molecule has 0 aliphatic carbocycles. The number of halogens is 2. The maximum atomic E-state index is 13.7. The molecule has 2 aromatic heterocycles. The number of aromatic carboxylic acids is 1. The van der Waals surface area contributed by atoms with Crippen LogP contribution in [0, 0.1) is 11.6 Å². The fourth-order valence-corrected chi connectivity index (χ4v) is 2.23. The summed E-state index contributed by atoms with van der Waals surface area (Å²) in [5, 5.41) is 16.9. The predicted octanol–water partition coefficient (Wildman–Crippen LogP) is 1.89. The molecule has 0 fully saturated rings. The van der Waals surface area contributed by atoms with E-state index in [4.69, 9.17) is 5.11 Å². The Kier molecular flexibility index (Phi) is 3.57. The number of nitrogens with zero attached hydrogens (tertiary/aromatic N) is 2. The number of aromatic amines is 1. The van der Waals surface area contributed by atoms with Gasteiger partial charge in [0.15, 0.2) is 0 Å². The highest BCUT2D eigenvalue weighted by Gasteiger charge is 2.14. The molecule has 116 valence electrons. The molecule has 6 nitrogen and oxygen atoms in total. The predicted molar refractivity (Wildman–Crippen MR) is 76.3 cm³/mol. The molecule has 0 bridgehead atoms. The van der Waals surface area contributed by atoms with Crippen LogP contribution >= 0.6 is 0 Å². The van der Waals surface area contributed by atoms with Crippen LogP contribution in [0.5, 0.6) is 0 Å². The first-order valence-corrected chi connectivity index (χ1v) is 6.50. The van der Waals surface area contributed by atoms with E-state index in [9.17, 15) is 18.4 Å². The van der Waals surface area contributed by atoms with E-state index >= 15 is 0 Å². The fraction of sp³-hybridized carbons (Fsp3) is 0.0667. The molecule has 3 rings (SSSR count). The number of benzene rings is 1. The van der Waals surface area contributed by atoms with Crippen molar-refractivity contribution in [1.29, 1.82) is 0 Å². The van der Waals surface area contributed by atoms with Crippen molar-refractivity contribution in [2.45, 2.75) is 6.42 Å². The van der Waals surface area contributed by atoms with Gasteiger partial charge >= 0.3 is 5.97 Å². The van der Waals surface area contributed by atoms with Crippen molar-refractivity contribution >= 4 is 16.9 Å². The summed E-state index contributed by atoms with van der Waals surface area (Å²) in [5.41, 5.74) is -0.527. The Hall–Kier alpha value is -3.16. The molecule has 2 N–H and O–H groups in total. The summed E-state index contributed by atoms with van der Waals surface area (Å²) in [6, 6.07) is 4.31. The van der Waals surface area contributed by atoms with Gasteiger partial charge in [-0.1, -0.05) is 6.07 Å². The van der Waals surface area contributed by atoms with Crippen molar-refractivity contribution in [3.63, 3.8) is 0 Å². The summed E-state index contributed by atoms with van der Waals surface area (Å²) in [6.45, 7) is 0. The average molecular weight is 317 g/mol. The SMILES string of the molecule is O=C(O)c1cc2cnnc(Cc3ccc(F)cc3F)c2[nH]c1=O. The largest absolute Gasteiger partial charge is 0.477 e. The maximum Gasteiger partial charge on any atom is 0.341 e. The van der Waals surface area contributed by atoms with E-state index in [1.165, 1.54) is 18.3 Å². The van der Waals surface area contributed by atoms with Crippen LogP contribution in [-0.2, 0) is 6.42 Å². The molecule has 0 spiro atoms. The molecule has 0 unspecified atom stereocenters. The first-order chi connectivity index (χ1) is 11.0. The lowest BCUT2D eigenvalue weighted by Crippen LogP contribution is -2.18. The van der Waals surface area contributed by atoms with E-state index in [-0.39, 0.29) is 23.2 Å². The number of pyridine rings is 1. The molecule has 0 atom stereocenters. The quantitative estimate of drug-likeness (QED) is 0.769. The Morgan fingerprint density at radius 2 is 2.04 bits per heavy atom. The van der Waals surface area contributed by atoms with Crippen molar-refractivity contribution in [2.24, 2.45) is 0 Å². The van der Waals surface area contributed by atoms with E-state index in [2.05, 4.69) is 15.2 Å². The molecule has 1 aromatic carbocycles. The Balaban J connectivity index is 2.13. The number of rotatable bonds is 3. The first kappa shape index (κ1) is 14.8. The van der Waals surface area contributed by atoms with Gasteiger partial charge in [-0.15, -0.1) is 0 Å². The molecule has 0 radical (unpaired) electrons. The smallest absolute Gasteiger partial charge is 0.341 e. The zero-order valence-electron chi connectivity index (χ0n) is 11.5. The number of hydrogen-bond donors (Lipinski definition) is 2. The third kappa shape index (κ3) is 2.78. The molecule has 0 amide bonds. The number of H-pyrrole nitrogens is 1. The lowest BCUT2D eigenvalue weighted by Gasteiger charge is -2.06. The number of aromatic nitrogens is 3. The van der Waals surface area contributed by atoms with Gasteiger partial charge in [0.05, 0.1) is 17.4 Å². The summed E-state index contributed by atoms with van der Waals surface area (Å²) >= 11 is 0. The summed E-state index contributed by atoms with van der Waals surface area (Å²) in [5.74, 6) is -2.81. The number of nitrogens with one attached hydrogen (secondary N) is 1. The van der Waals surface area contributed by atoms with E-state index in [1.54, 1.807) is 0 Å². The van der Waals surface area contributed by atoms with Crippen LogP contribution in [-0.4, -0.2) is 26.3 Å². The highest BCUT2D eigenvalue weighted by Crippen LogP contribution is 2.18. The molecule has 3 aromatic rings. The molecular formula is C15H9F2N3O3. The molecule has 23 heavy (non-hydrogen) atoms. The molecule has 2 heterocycles. The van der Waals surface area contributed by atoms with Crippen molar-refractivity contribution in [3.05, 3.63) is 69.3 Å². The second kappa shape index (κ2) is 5.56. The van der Waals surface area contributed by atoms with Gasteiger partial charge < -0.3 is 10.1 Å². The van der Waals surface area contributed by atoms with Gasteiger partial charge in [0, 0.05) is 17.9 Å². The second-order valence-corrected chi connectivity index (χ2v) is 4.85. The number of carbonyl (C=O) groups is 1. The second-order valence-electron chi connectivity index (χ2n) is 4.85. The average Bonchev–Trinajstić information content (AvgIpc) is 2.49. The van der Waals surface area contributed by atoms with Gasteiger partial charge in [-0.2, -0.15) is 10.2 Å². The normalized spacial score (nSPS) is 10.9. The van der Waals surface area contributed by atoms with Crippen LogP contribution in [0.3, 0.4) is 0 Å². The Morgan fingerprint density at radius 1 is 1.26 bits per heavy atom. The zero-order chi connectivity index (χ0) is 16.6. The molecule has 0 saturated carbocycles. The molecular weight excluding hydrogens is 308 g/mol. The van der Waals surface area contributed by atoms with E-state index < -0.39 is 28.7 Å². The molecule has 0 saturated heterocycles. The van der Waals surface area contributed by atoms with E-state index in [0.29, 0.717) is 5.39 Å². The van der Waals surface area contributed by atoms with Gasteiger partial charge in [0.1, 0.15) is 17.2 Å². The minimum absolute atomic E-state index is 0.0290. The third-order valence-corrected chi connectivity index (χ3v) is 3.34. The monoisotopic (exact) mass is 317 g/mol. The number of hydrogen-bond acceptors (Lipinski definition) is 4. The lowest BCUT2D eigenvalue weighted by molar-refractivity contribution is 0.0695. The number of carboxylic acids is 1. The fourth-order valence-electron chi connectivity index (χ4n) is 2.23. The zero-order valence-corrected chi connectivity index (χ0v) is 11.5. The summed E-state index contributed by atoms with van der Waals surface area (Å²) in [7, 11) is 0. The molecule has 8 heteroatoms. The van der Waals surface area contributed by atoms with Crippen LogP contribution in [0.1, 0.15) is 21.6 Å². The van der Waals surface area contributed by atoms with Crippen LogP contribution in [0.25, 0.3) is 10.9 Å². The topological polar surface area (TPSA) is 95.9 Å². The Labute approximate surface area is 127 Å². The third-order valence-electron chi connectivity index (χ3n) is 3.34. The highest BCUT2D eigenvalue weighted by molar-refractivity contribution is 5.92. The lowest BCUT2D eigenvalue weighted by atomic mass is 10.1. The van der Waals surface area contributed by atoms with E-state index in [1.807, 2.05) is 0 Å². The van der Waals surface area contributed by atoms with Crippen molar-refractivity contribution < 1.29 is 18.7 Å². The van der Waals surface area contributed by atoms with Gasteiger partial charge in [-0.25, -0.2) is 13.6 Å². The minimum atomic E-state index is -1.36. The molecule has 0 aliphatic heterocycles. The molecule has 0 aliphatic rings. The summed E-state index contributed by atoms with van der Waals surface area (Å²) < 4.78 is 26.7. The van der Waals surface area contributed by atoms with Gasteiger partial charge in [-0.05, 0) is 17.7 Å². The van der Waals surface area contributed by atoms with E-state index in [0.717, 1.165) is 12.1 Å². The standard InChI is InChI=1S/C15H9F2N3O3/c16-9-2-1-7(11(17)5-9)4-12-13-8(6-18-20-12)3-10(15(22)23)14(21)19-13/h1-3,5-6H,4H2,(H,19,21)(H,22,23). The Morgan fingerprint density at radius 3 is 2.74 bits per heavy atom. The van der Waals surface area contributed by atoms with Crippen molar-refractivity contribution in [2.75, 3.05) is 0 Å². The first-order valence-electron chi connectivity index (χ1n) is 6.50. The van der Waals surface area contributed by atoms with Crippen LogP contribution in [0.15, 0.2) is 35.3 Å². The van der Waals surface area contributed by atoms with Crippen LogP contribution < -0.4 is 5.56 Å². The number of carboxylic acid groups (broad SMARTS) is 1. The maximum absolute atomic E-state index is 13.7. The minimum Gasteiger partial charge on any atom is -0.477 e. The highest BCUT2D eigenvalue weighted by atomic mass is 19.1. The summed E-state index contributed by atoms with van der Waals surface area (Å²) in [6.07, 6.45) is 1.26.